The second-order valence-electron chi connectivity index (χ2n) is 8.19. The van der Waals surface area contributed by atoms with Gasteiger partial charge < -0.3 is 4.52 Å². The molecule has 2 atom stereocenters. The summed E-state index contributed by atoms with van der Waals surface area (Å²) in [6, 6.07) is 7.21. The molecule has 2 heterocycles. The summed E-state index contributed by atoms with van der Waals surface area (Å²) >= 11 is 0. The number of hydrogen-bond acceptors (Lipinski definition) is 5. The Balaban J connectivity index is 1.60. The lowest BCUT2D eigenvalue weighted by molar-refractivity contribution is 0.0677. The number of aromatic nitrogens is 2. The molecule has 142 valence electrons. The molecule has 1 aromatic carbocycles. The van der Waals surface area contributed by atoms with Crippen molar-refractivity contribution in [2.75, 3.05) is 26.2 Å². The molecular weight excluding hydrogens is 331 g/mol. The van der Waals surface area contributed by atoms with Crippen LogP contribution in [0.1, 0.15) is 64.0 Å². The highest BCUT2D eigenvalue weighted by Gasteiger charge is 2.29. The van der Waals surface area contributed by atoms with Gasteiger partial charge in [-0.15, -0.1) is 0 Å². The van der Waals surface area contributed by atoms with Gasteiger partial charge in [0.15, 0.2) is 5.82 Å². The first-order valence-corrected chi connectivity index (χ1v) is 9.33. The zero-order valence-electron chi connectivity index (χ0n) is 16.4. The van der Waals surface area contributed by atoms with Crippen molar-refractivity contribution < 1.29 is 8.91 Å². The van der Waals surface area contributed by atoms with Crippen molar-refractivity contribution in [2.45, 2.75) is 52.1 Å². The highest BCUT2D eigenvalue weighted by Crippen LogP contribution is 2.27. The molecule has 3 rings (SSSR count). The highest BCUT2D eigenvalue weighted by atomic mass is 19.1. The molecule has 0 aliphatic carbocycles. The predicted octanol–water partition coefficient (Wildman–Crippen LogP) is 3.95. The molecule has 1 fully saturated rings. The van der Waals surface area contributed by atoms with E-state index in [9.17, 15) is 4.39 Å². The molecule has 0 amide bonds. The molecule has 1 aliphatic heterocycles. The van der Waals surface area contributed by atoms with Gasteiger partial charge in [-0.05, 0) is 31.5 Å². The summed E-state index contributed by atoms with van der Waals surface area (Å²) in [6.07, 6.45) is 0. The topological polar surface area (TPSA) is 45.4 Å². The Morgan fingerprint density at radius 1 is 1.04 bits per heavy atom. The molecule has 5 nitrogen and oxygen atoms in total. The minimum absolute atomic E-state index is 0.102. The molecule has 0 bridgehead atoms. The standard InChI is InChI=1S/C20H29FN4O/c1-14(16-7-6-8-17(21)13-16)24-9-11-25(12-10-24)15(2)18-22-19(23-26-18)20(3,4)5/h6-8,13-15H,9-12H2,1-5H3/t14-,15-/m1/s1. The van der Waals surface area contributed by atoms with Crippen molar-refractivity contribution in [3.8, 4) is 0 Å². The van der Waals surface area contributed by atoms with Crippen molar-refractivity contribution >= 4 is 0 Å². The van der Waals surface area contributed by atoms with E-state index in [1.54, 1.807) is 12.1 Å². The minimum atomic E-state index is -0.173. The molecule has 0 N–H and O–H groups in total. The number of rotatable bonds is 4. The van der Waals surface area contributed by atoms with Gasteiger partial charge in [-0.25, -0.2) is 4.39 Å². The summed E-state index contributed by atoms with van der Waals surface area (Å²) < 4.78 is 19.0. The molecule has 1 aromatic heterocycles. The fourth-order valence-corrected chi connectivity index (χ4v) is 3.35. The fraction of sp³-hybridized carbons (Fsp3) is 0.600. The largest absolute Gasteiger partial charge is 0.338 e. The Bertz CT molecular complexity index is 731. The van der Waals surface area contributed by atoms with Crippen molar-refractivity contribution in [1.82, 2.24) is 19.9 Å². The molecule has 0 unspecified atom stereocenters. The van der Waals surface area contributed by atoms with Crippen LogP contribution >= 0.6 is 0 Å². The number of piperazine rings is 1. The molecule has 0 radical (unpaired) electrons. The van der Waals surface area contributed by atoms with E-state index in [1.165, 1.54) is 6.07 Å². The smallest absolute Gasteiger partial charge is 0.243 e. The van der Waals surface area contributed by atoms with Gasteiger partial charge >= 0.3 is 0 Å². The maximum absolute atomic E-state index is 13.5. The third-order valence-electron chi connectivity index (χ3n) is 5.25. The molecule has 0 saturated carbocycles. The van der Waals surface area contributed by atoms with Crippen LogP contribution in [0.4, 0.5) is 4.39 Å². The normalized spacial score (nSPS) is 19.5. The van der Waals surface area contributed by atoms with Gasteiger partial charge in [-0.2, -0.15) is 4.98 Å². The van der Waals surface area contributed by atoms with E-state index in [0.29, 0.717) is 5.89 Å². The Hall–Kier alpha value is -1.79. The highest BCUT2D eigenvalue weighted by molar-refractivity contribution is 5.19. The fourth-order valence-electron chi connectivity index (χ4n) is 3.35. The first-order valence-electron chi connectivity index (χ1n) is 9.33. The molecular formula is C20H29FN4O. The number of nitrogens with zero attached hydrogens (tertiary/aromatic N) is 4. The van der Waals surface area contributed by atoms with Crippen LogP contribution < -0.4 is 0 Å². The van der Waals surface area contributed by atoms with Crippen molar-refractivity contribution in [2.24, 2.45) is 0 Å². The van der Waals surface area contributed by atoms with E-state index in [1.807, 2.05) is 6.07 Å². The van der Waals surface area contributed by atoms with Crippen LogP contribution in [-0.2, 0) is 5.41 Å². The van der Waals surface area contributed by atoms with Gasteiger partial charge in [0.25, 0.3) is 0 Å². The Morgan fingerprint density at radius 3 is 2.19 bits per heavy atom. The lowest BCUT2D eigenvalue weighted by Crippen LogP contribution is -2.47. The van der Waals surface area contributed by atoms with Crippen LogP contribution in [0, 0.1) is 5.82 Å². The SMILES string of the molecule is C[C@H](c1cccc(F)c1)N1CCN([C@H](C)c2nc(C(C)(C)C)no2)CC1. The summed E-state index contributed by atoms with van der Waals surface area (Å²) in [5.41, 5.74) is 0.916. The van der Waals surface area contributed by atoms with E-state index >= 15 is 0 Å². The predicted molar refractivity (Wildman–Crippen MR) is 99.4 cm³/mol. The Labute approximate surface area is 155 Å². The monoisotopic (exact) mass is 360 g/mol. The maximum Gasteiger partial charge on any atom is 0.243 e. The lowest BCUT2D eigenvalue weighted by atomic mass is 9.96. The van der Waals surface area contributed by atoms with E-state index < -0.39 is 0 Å². The van der Waals surface area contributed by atoms with Gasteiger partial charge in [-0.1, -0.05) is 38.1 Å². The Morgan fingerprint density at radius 2 is 1.65 bits per heavy atom. The van der Waals surface area contributed by atoms with Gasteiger partial charge in [0.05, 0.1) is 6.04 Å². The van der Waals surface area contributed by atoms with E-state index in [-0.39, 0.29) is 23.3 Å². The van der Waals surface area contributed by atoms with Gasteiger partial charge in [0.2, 0.25) is 5.89 Å². The summed E-state index contributed by atoms with van der Waals surface area (Å²) in [6.45, 7) is 14.2. The van der Waals surface area contributed by atoms with Crippen LogP contribution in [0.25, 0.3) is 0 Å². The summed E-state index contributed by atoms with van der Waals surface area (Å²) in [5.74, 6) is 1.26. The van der Waals surface area contributed by atoms with Gasteiger partial charge in [-0.3, -0.25) is 9.80 Å². The number of halogens is 1. The van der Waals surface area contributed by atoms with Gasteiger partial charge in [0.1, 0.15) is 5.82 Å². The number of benzene rings is 1. The van der Waals surface area contributed by atoms with Crippen LogP contribution in [0.3, 0.4) is 0 Å². The lowest BCUT2D eigenvalue weighted by Gasteiger charge is -2.39. The van der Waals surface area contributed by atoms with Crippen molar-refractivity contribution in [3.63, 3.8) is 0 Å². The number of hydrogen-bond donors (Lipinski definition) is 0. The first-order chi connectivity index (χ1) is 12.3. The molecule has 26 heavy (non-hydrogen) atoms. The second-order valence-corrected chi connectivity index (χ2v) is 8.19. The molecule has 1 aliphatic rings. The molecule has 2 aromatic rings. The van der Waals surface area contributed by atoms with E-state index in [0.717, 1.165) is 37.6 Å². The van der Waals surface area contributed by atoms with Crippen LogP contribution in [0.5, 0.6) is 0 Å². The average molecular weight is 360 g/mol. The van der Waals surface area contributed by atoms with Crippen molar-refractivity contribution in [3.05, 3.63) is 47.4 Å². The zero-order valence-corrected chi connectivity index (χ0v) is 16.4. The van der Waals surface area contributed by atoms with Gasteiger partial charge in [0, 0.05) is 37.6 Å². The van der Waals surface area contributed by atoms with E-state index in [4.69, 9.17) is 4.52 Å². The molecule has 1 saturated heterocycles. The molecule has 0 spiro atoms. The Kier molecular flexibility index (Phi) is 5.44. The third kappa shape index (κ3) is 4.13. The third-order valence-corrected chi connectivity index (χ3v) is 5.25. The second kappa shape index (κ2) is 7.45. The van der Waals surface area contributed by atoms with Crippen LogP contribution in [0.15, 0.2) is 28.8 Å². The zero-order chi connectivity index (χ0) is 18.9. The first kappa shape index (κ1) is 19.0. The maximum atomic E-state index is 13.5. The summed E-state index contributed by atoms with van der Waals surface area (Å²) in [4.78, 5) is 9.36. The summed E-state index contributed by atoms with van der Waals surface area (Å²) in [7, 11) is 0. The van der Waals surface area contributed by atoms with Crippen molar-refractivity contribution in [1.29, 1.82) is 0 Å². The quantitative estimate of drug-likeness (QED) is 0.826. The average Bonchev–Trinajstić information content (AvgIpc) is 3.11. The van der Waals surface area contributed by atoms with Crippen LogP contribution in [0.2, 0.25) is 0 Å². The molecule has 6 heteroatoms. The van der Waals surface area contributed by atoms with Crippen LogP contribution in [-0.4, -0.2) is 46.1 Å². The summed E-state index contributed by atoms with van der Waals surface area (Å²) in [5, 5.41) is 4.14. The minimum Gasteiger partial charge on any atom is -0.338 e. The van der Waals surface area contributed by atoms with E-state index in [2.05, 4.69) is 54.6 Å².